The quantitative estimate of drug-likeness (QED) is 0.728. The molecule has 5 nitrogen and oxygen atoms in total. The monoisotopic (exact) mass is 327 g/mol. The molecule has 0 unspecified atom stereocenters. The Morgan fingerprint density at radius 3 is 2.43 bits per heavy atom. The molecule has 1 fully saturated rings. The zero-order valence-electron chi connectivity index (χ0n) is 11.9. The number of nitrogens with zero attached hydrogens (tertiary/aromatic N) is 1. The Morgan fingerprint density at radius 2 is 1.86 bits per heavy atom. The van der Waals surface area contributed by atoms with Gasteiger partial charge in [0, 0.05) is 19.5 Å². The van der Waals surface area contributed by atoms with E-state index in [0.717, 1.165) is 25.2 Å². The third kappa shape index (κ3) is 5.03. The van der Waals surface area contributed by atoms with Gasteiger partial charge in [-0.3, -0.25) is 0 Å². The minimum absolute atomic E-state index is 0.274. The number of benzene rings is 1. The minimum Gasteiger partial charge on any atom is -0.393 e. The molecule has 1 aliphatic heterocycles. The molecule has 1 aliphatic rings. The molecule has 0 aliphatic carbocycles. The third-order valence-corrected chi connectivity index (χ3v) is 5.15. The molecule has 0 bridgehead atoms. The van der Waals surface area contributed by atoms with E-state index in [9.17, 15) is 8.42 Å². The molecule has 1 saturated heterocycles. The lowest BCUT2D eigenvalue weighted by molar-refractivity contribution is 0.344. The van der Waals surface area contributed by atoms with E-state index in [-0.39, 0.29) is 4.90 Å². The predicted octanol–water partition coefficient (Wildman–Crippen LogP) is 0.889. The van der Waals surface area contributed by atoms with Gasteiger partial charge in [-0.25, -0.2) is 13.1 Å². The second-order valence-corrected chi connectivity index (χ2v) is 7.52. The average molecular weight is 327 g/mol. The van der Waals surface area contributed by atoms with Gasteiger partial charge < -0.3 is 10.6 Å². The average Bonchev–Trinajstić information content (AvgIpc) is 2.91. The van der Waals surface area contributed by atoms with E-state index in [0.29, 0.717) is 18.0 Å². The van der Waals surface area contributed by atoms with Crippen molar-refractivity contribution in [3.8, 4) is 0 Å². The molecular formula is C14H21N3O2S2. The minimum atomic E-state index is -3.44. The van der Waals surface area contributed by atoms with Crippen molar-refractivity contribution in [2.45, 2.75) is 24.2 Å². The Labute approximate surface area is 131 Å². The Hall–Kier alpha value is -1.02. The Morgan fingerprint density at radius 1 is 1.24 bits per heavy atom. The molecule has 1 heterocycles. The first-order valence-electron chi connectivity index (χ1n) is 7.07. The number of hydrogen-bond donors (Lipinski definition) is 2. The standard InChI is InChI=1S/C14H21N3O2S2/c15-14(20)11-12-3-5-13(6-4-12)21(18,19)16-7-10-17-8-1-2-9-17/h3-6,16H,1-2,7-11H2,(H2,15,20). The summed E-state index contributed by atoms with van der Waals surface area (Å²) in [5, 5.41) is 0. The smallest absolute Gasteiger partial charge is 0.240 e. The molecule has 0 radical (unpaired) electrons. The number of sulfonamides is 1. The maximum Gasteiger partial charge on any atom is 0.240 e. The first-order chi connectivity index (χ1) is 9.97. The molecule has 0 amide bonds. The van der Waals surface area contributed by atoms with Crippen LogP contribution in [0.3, 0.4) is 0 Å². The number of rotatable bonds is 7. The fourth-order valence-electron chi connectivity index (χ4n) is 2.42. The van der Waals surface area contributed by atoms with Crippen molar-refractivity contribution in [3.05, 3.63) is 29.8 Å². The highest BCUT2D eigenvalue weighted by molar-refractivity contribution is 7.89. The van der Waals surface area contributed by atoms with Gasteiger partial charge in [0.15, 0.2) is 0 Å². The van der Waals surface area contributed by atoms with Crippen molar-refractivity contribution in [3.63, 3.8) is 0 Å². The number of thiocarbonyl (C=S) groups is 1. The van der Waals surface area contributed by atoms with Crippen molar-refractivity contribution in [1.82, 2.24) is 9.62 Å². The maximum absolute atomic E-state index is 12.2. The molecule has 116 valence electrons. The van der Waals surface area contributed by atoms with Gasteiger partial charge in [0.05, 0.1) is 9.88 Å². The van der Waals surface area contributed by atoms with E-state index < -0.39 is 10.0 Å². The molecular weight excluding hydrogens is 306 g/mol. The highest BCUT2D eigenvalue weighted by atomic mass is 32.2. The molecule has 7 heteroatoms. The lowest BCUT2D eigenvalue weighted by Gasteiger charge is -2.15. The highest BCUT2D eigenvalue weighted by Crippen LogP contribution is 2.11. The largest absolute Gasteiger partial charge is 0.393 e. The van der Waals surface area contributed by atoms with Crippen LogP contribution in [-0.2, 0) is 16.4 Å². The van der Waals surface area contributed by atoms with Crippen molar-refractivity contribution in [2.75, 3.05) is 26.2 Å². The second-order valence-electron chi connectivity index (χ2n) is 5.23. The number of likely N-dealkylation sites (tertiary alicyclic amines) is 1. The second kappa shape index (κ2) is 7.31. The summed E-state index contributed by atoms with van der Waals surface area (Å²) in [5.74, 6) is 0. The highest BCUT2D eigenvalue weighted by Gasteiger charge is 2.15. The van der Waals surface area contributed by atoms with Crippen molar-refractivity contribution in [2.24, 2.45) is 5.73 Å². The van der Waals surface area contributed by atoms with Crippen LogP contribution in [0.1, 0.15) is 18.4 Å². The van der Waals surface area contributed by atoms with E-state index >= 15 is 0 Å². The fraction of sp³-hybridized carbons (Fsp3) is 0.500. The van der Waals surface area contributed by atoms with E-state index in [1.54, 1.807) is 24.3 Å². The molecule has 1 aromatic rings. The van der Waals surface area contributed by atoms with Crippen LogP contribution in [0.15, 0.2) is 29.2 Å². The zero-order valence-corrected chi connectivity index (χ0v) is 13.5. The normalized spacial score (nSPS) is 16.2. The molecule has 21 heavy (non-hydrogen) atoms. The van der Waals surface area contributed by atoms with Crippen LogP contribution in [0.2, 0.25) is 0 Å². The molecule has 0 spiro atoms. The van der Waals surface area contributed by atoms with Gasteiger partial charge in [0.25, 0.3) is 0 Å². The Bertz CT molecular complexity index is 579. The summed E-state index contributed by atoms with van der Waals surface area (Å²) in [6.07, 6.45) is 2.90. The summed E-state index contributed by atoms with van der Waals surface area (Å²) in [6.45, 7) is 3.33. The number of nitrogens with one attached hydrogen (secondary N) is 1. The van der Waals surface area contributed by atoms with Gasteiger partial charge in [0.1, 0.15) is 0 Å². The van der Waals surface area contributed by atoms with Gasteiger partial charge in [0.2, 0.25) is 10.0 Å². The van der Waals surface area contributed by atoms with Crippen LogP contribution < -0.4 is 10.5 Å². The van der Waals surface area contributed by atoms with Crippen LogP contribution in [0.5, 0.6) is 0 Å². The Kier molecular flexibility index (Phi) is 5.69. The molecule has 1 aromatic carbocycles. The van der Waals surface area contributed by atoms with Crippen LogP contribution in [-0.4, -0.2) is 44.5 Å². The first-order valence-corrected chi connectivity index (χ1v) is 8.96. The lowest BCUT2D eigenvalue weighted by Crippen LogP contribution is -2.33. The SMILES string of the molecule is NC(=S)Cc1ccc(S(=O)(=O)NCCN2CCCC2)cc1. The van der Waals surface area contributed by atoms with E-state index in [4.69, 9.17) is 18.0 Å². The van der Waals surface area contributed by atoms with Gasteiger partial charge in [-0.1, -0.05) is 24.4 Å². The summed E-state index contributed by atoms with van der Waals surface area (Å²) < 4.78 is 27.0. The third-order valence-electron chi connectivity index (χ3n) is 3.53. The maximum atomic E-state index is 12.2. The van der Waals surface area contributed by atoms with Gasteiger partial charge >= 0.3 is 0 Å². The number of nitrogens with two attached hydrogens (primary N) is 1. The van der Waals surface area contributed by atoms with Crippen molar-refractivity contribution < 1.29 is 8.42 Å². The van der Waals surface area contributed by atoms with E-state index in [1.165, 1.54) is 12.8 Å². The molecule has 0 aromatic heterocycles. The summed E-state index contributed by atoms with van der Waals surface area (Å²) >= 11 is 4.84. The van der Waals surface area contributed by atoms with Gasteiger partial charge in [-0.15, -0.1) is 0 Å². The first kappa shape index (κ1) is 16.4. The topological polar surface area (TPSA) is 75.4 Å². The molecule has 3 N–H and O–H groups in total. The summed E-state index contributed by atoms with van der Waals surface area (Å²) in [7, 11) is -3.44. The van der Waals surface area contributed by atoms with Gasteiger partial charge in [-0.2, -0.15) is 0 Å². The molecule has 0 saturated carbocycles. The van der Waals surface area contributed by atoms with E-state index in [2.05, 4.69) is 9.62 Å². The molecule has 0 atom stereocenters. The van der Waals surface area contributed by atoms with Crippen molar-refractivity contribution in [1.29, 1.82) is 0 Å². The summed E-state index contributed by atoms with van der Waals surface area (Å²) in [4.78, 5) is 2.94. The van der Waals surface area contributed by atoms with Crippen LogP contribution in [0.25, 0.3) is 0 Å². The van der Waals surface area contributed by atoms with Crippen LogP contribution >= 0.6 is 12.2 Å². The van der Waals surface area contributed by atoms with Crippen LogP contribution in [0, 0.1) is 0 Å². The van der Waals surface area contributed by atoms with Crippen molar-refractivity contribution >= 4 is 27.2 Å². The van der Waals surface area contributed by atoms with Crippen LogP contribution in [0.4, 0.5) is 0 Å². The lowest BCUT2D eigenvalue weighted by atomic mass is 10.1. The zero-order chi connectivity index (χ0) is 15.3. The number of hydrogen-bond acceptors (Lipinski definition) is 4. The van der Waals surface area contributed by atoms with Gasteiger partial charge in [-0.05, 0) is 43.6 Å². The van der Waals surface area contributed by atoms with E-state index in [1.807, 2.05) is 0 Å². The summed E-state index contributed by atoms with van der Waals surface area (Å²) in [5.41, 5.74) is 6.39. The Balaban J connectivity index is 1.90. The molecule has 2 rings (SSSR count). The fourth-order valence-corrected chi connectivity index (χ4v) is 3.60. The summed E-state index contributed by atoms with van der Waals surface area (Å²) in [6, 6.07) is 6.67. The predicted molar refractivity (Wildman–Crippen MR) is 87.8 cm³/mol.